The normalized spacial score (nSPS) is 10.1. The van der Waals surface area contributed by atoms with Gasteiger partial charge in [0.2, 0.25) is 0 Å². The molecule has 0 aliphatic heterocycles. The third kappa shape index (κ3) is 3.34. The van der Waals surface area contributed by atoms with E-state index in [4.69, 9.17) is 0 Å². The van der Waals surface area contributed by atoms with Gasteiger partial charge in [-0.15, -0.1) is 11.3 Å². The van der Waals surface area contributed by atoms with Crippen molar-refractivity contribution in [3.05, 3.63) is 50.6 Å². The van der Waals surface area contributed by atoms with Gasteiger partial charge in [0.15, 0.2) is 0 Å². The molecule has 0 radical (unpaired) electrons. The van der Waals surface area contributed by atoms with Crippen molar-refractivity contribution in [1.29, 1.82) is 0 Å². The molecule has 3 nitrogen and oxygen atoms in total. The molecular formula is C13H13BrN2OS. The molecule has 2 N–H and O–H groups in total. The first-order chi connectivity index (χ1) is 8.69. The van der Waals surface area contributed by atoms with Crippen molar-refractivity contribution >= 4 is 38.9 Å². The highest BCUT2D eigenvalue weighted by Gasteiger charge is 2.05. The quantitative estimate of drug-likeness (QED) is 0.904. The Balaban J connectivity index is 1.94. The van der Waals surface area contributed by atoms with Gasteiger partial charge in [-0.3, -0.25) is 4.79 Å². The minimum atomic E-state index is -0.0535. The SMILES string of the molecule is CNc1ccc(C(=O)NCc2cc(Br)cs2)cc1. The van der Waals surface area contributed by atoms with Crippen LogP contribution >= 0.6 is 27.3 Å². The first-order valence-electron chi connectivity index (χ1n) is 5.48. The minimum absolute atomic E-state index is 0.0535. The fourth-order valence-electron chi connectivity index (χ4n) is 1.50. The summed E-state index contributed by atoms with van der Waals surface area (Å²) < 4.78 is 1.05. The van der Waals surface area contributed by atoms with Gasteiger partial charge < -0.3 is 10.6 Å². The zero-order chi connectivity index (χ0) is 13.0. The molecule has 1 amide bonds. The summed E-state index contributed by atoms with van der Waals surface area (Å²) in [4.78, 5) is 13.0. The lowest BCUT2D eigenvalue weighted by molar-refractivity contribution is 0.0951. The Morgan fingerprint density at radius 1 is 1.33 bits per heavy atom. The highest BCUT2D eigenvalue weighted by atomic mass is 79.9. The number of nitrogens with one attached hydrogen (secondary N) is 2. The zero-order valence-electron chi connectivity index (χ0n) is 9.87. The standard InChI is InChI=1S/C13H13BrN2OS/c1-15-11-4-2-9(3-5-11)13(17)16-7-12-6-10(14)8-18-12/h2-6,8,15H,7H2,1H3,(H,16,17). The largest absolute Gasteiger partial charge is 0.388 e. The van der Waals surface area contributed by atoms with Crippen molar-refractivity contribution in [1.82, 2.24) is 5.32 Å². The molecule has 0 unspecified atom stereocenters. The van der Waals surface area contributed by atoms with Crippen molar-refractivity contribution < 1.29 is 4.79 Å². The summed E-state index contributed by atoms with van der Waals surface area (Å²) in [5.41, 5.74) is 1.67. The summed E-state index contributed by atoms with van der Waals surface area (Å²) in [5, 5.41) is 7.92. The fraction of sp³-hybridized carbons (Fsp3) is 0.154. The van der Waals surface area contributed by atoms with Crippen molar-refractivity contribution in [2.45, 2.75) is 6.54 Å². The van der Waals surface area contributed by atoms with Crippen LogP contribution in [-0.4, -0.2) is 13.0 Å². The summed E-state index contributed by atoms with van der Waals surface area (Å²) >= 11 is 5.01. The van der Waals surface area contributed by atoms with Gasteiger partial charge in [-0.1, -0.05) is 0 Å². The number of thiophene rings is 1. The van der Waals surface area contributed by atoms with Crippen molar-refractivity contribution in [3.8, 4) is 0 Å². The van der Waals surface area contributed by atoms with Crippen molar-refractivity contribution in [2.75, 3.05) is 12.4 Å². The Bertz CT molecular complexity index is 536. The maximum atomic E-state index is 11.9. The maximum absolute atomic E-state index is 11.9. The summed E-state index contributed by atoms with van der Waals surface area (Å²) in [7, 11) is 1.85. The molecule has 0 aliphatic carbocycles. The van der Waals surface area contributed by atoms with E-state index in [1.807, 2.05) is 42.8 Å². The molecule has 94 valence electrons. The highest BCUT2D eigenvalue weighted by molar-refractivity contribution is 9.10. The molecule has 0 saturated carbocycles. The van der Waals surface area contributed by atoms with Crippen LogP contribution in [0.3, 0.4) is 0 Å². The van der Waals surface area contributed by atoms with E-state index in [9.17, 15) is 4.79 Å². The van der Waals surface area contributed by atoms with Crippen LogP contribution in [0.2, 0.25) is 0 Å². The summed E-state index contributed by atoms with van der Waals surface area (Å²) in [5.74, 6) is -0.0535. The van der Waals surface area contributed by atoms with Crippen molar-refractivity contribution in [3.63, 3.8) is 0 Å². The summed E-state index contributed by atoms with van der Waals surface area (Å²) in [6.07, 6.45) is 0. The number of amides is 1. The molecule has 0 aliphatic rings. The molecule has 2 aromatic rings. The second-order valence-corrected chi connectivity index (χ2v) is 5.65. The van der Waals surface area contributed by atoms with E-state index >= 15 is 0 Å². The van der Waals surface area contributed by atoms with Gasteiger partial charge >= 0.3 is 0 Å². The van der Waals surface area contributed by atoms with Crippen LogP contribution in [0, 0.1) is 0 Å². The van der Waals surface area contributed by atoms with Crippen molar-refractivity contribution in [2.24, 2.45) is 0 Å². The first kappa shape index (κ1) is 13.1. The lowest BCUT2D eigenvalue weighted by Crippen LogP contribution is -2.22. The Kier molecular flexibility index (Phi) is 4.38. The Morgan fingerprint density at radius 2 is 2.06 bits per heavy atom. The number of hydrogen-bond donors (Lipinski definition) is 2. The van der Waals surface area contributed by atoms with E-state index in [2.05, 4.69) is 26.6 Å². The zero-order valence-corrected chi connectivity index (χ0v) is 12.3. The molecular weight excluding hydrogens is 312 g/mol. The van der Waals surface area contributed by atoms with E-state index < -0.39 is 0 Å². The van der Waals surface area contributed by atoms with E-state index in [0.717, 1.165) is 15.0 Å². The van der Waals surface area contributed by atoms with E-state index in [1.165, 1.54) is 0 Å². The minimum Gasteiger partial charge on any atom is -0.388 e. The Labute approximate surface area is 118 Å². The molecule has 0 saturated heterocycles. The third-order valence-corrected chi connectivity index (χ3v) is 4.18. The number of carbonyl (C=O) groups excluding carboxylic acids is 1. The van der Waals surface area contributed by atoms with E-state index in [0.29, 0.717) is 12.1 Å². The maximum Gasteiger partial charge on any atom is 0.251 e. The number of carbonyl (C=O) groups is 1. The van der Waals surface area contributed by atoms with Crippen LogP contribution in [-0.2, 0) is 6.54 Å². The van der Waals surface area contributed by atoms with Crippen LogP contribution in [0.1, 0.15) is 15.2 Å². The number of anilines is 1. The van der Waals surface area contributed by atoms with Gasteiger partial charge in [0.05, 0.1) is 6.54 Å². The monoisotopic (exact) mass is 324 g/mol. The summed E-state index contributed by atoms with van der Waals surface area (Å²) in [6, 6.07) is 9.40. The van der Waals surface area contributed by atoms with Gasteiger partial charge in [0.1, 0.15) is 0 Å². The fourth-order valence-corrected chi connectivity index (χ4v) is 2.89. The molecule has 1 heterocycles. The van der Waals surface area contributed by atoms with Gasteiger partial charge in [0.25, 0.3) is 5.91 Å². The molecule has 1 aromatic carbocycles. The molecule has 0 atom stereocenters. The number of halogens is 1. The Morgan fingerprint density at radius 3 is 2.61 bits per heavy atom. The van der Waals surface area contributed by atoms with Crippen LogP contribution in [0.4, 0.5) is 5.69 Å². The molecule has 1 aromatic heterocycles. The van der Waals surface area contributed by atoms with Crippen LogP contribution < -0.4 is 10.6 Å². The topological polar surface area (TPSA) is 41.1 Å². The smallest absolute Gasteiger partial charge is 0.251 e. The average Bonchev–Trinajstić information content (AvgIpc) is 2.82. The second-order valence-electron chi connectivity index (χ2n) is 3.74. The van der Waals surface area contributed by atoms with Crippen LogP contribution in [0.5, 0.6) is 0 Å². The van der Waals surface area contributed by atoms with Gasteiger partial charge in [0, 0.05) is 33.0 Å². The predicted octanol–water partition coefficient (Wildman–Crippen LogP) is 3.48. The van der Waals surface area contributed by atoms with Crippen LogP contribution in [0.15, 0.2) is 40.2 Å². The van der Waals surface area contributed by atoms with Crippen LogP contribution in [0.25, 0.3) is 0 Å². The number of hydrogen-bond acceptors (Lipinski definition) is 3. The van der Waals surface area contributed by atoms with E-state index in [-0.39, 0.29) is 5.91 Å². The number of benzene rings is 1. The third-order valence-electron chi connectivity index (χ3n) is 2.48. The molecule has 0 spiro atoms. The molecule has 5 heteroatoms. The molecule has 18 heavy (non-hydrogen) atoms. The lowest BCUT2D eigenvalue weighted by atomic mass is 10.2. The van der Waals surface area contributed by atoms with Gasteiger partial charge in [-0.05, 0) is 46.3 Å². The molecule has 2 rings (SSSR count). The highest BCUT2D eigenvalue weighted by Crippen LogP contribution is 2.19. The van der Waals surface area contributed by atoms with Gasteiger partial charge in [-0.2, -0.15) is 0 Å². The predicted molar refractivity (Wildman–Crippen MR) is 79.2 cm³/mol. The second kappa shape index (κ2) is 6.02. The van der Waals surface area contributed by atoms with E-state index in [1.54, 1.807) is 11.3 Å². The molecule has 0 bridgehead atoms. The average molecular weight is 325 g/mol. The summed E-state index contributed by atoms with van der Waals surface area (Å²) in [6.45, 7) is 0.558. The van der Waals surface area contributed by atoms with Gasteiger partial charge in [-0.25, -0.2) is 0 Å². The first-order valence-corrected chi connectivity index (χ1v) is 7.15. The molecule has 0 fully saturated rings. The Hall–Kier alpha value is -1.33. The number of rotatable bonds is 4. The lowest BCUT2D eigenvalue weighted by Gasteiger charge is -2.05.